The van der Waals surface area contributed by atoms with Gasteiger partial charge in [-0.15, -0.1) is 0 Å². The summed E-state index contributed by atoms with van der Waals surface area (Å²) in [5, 5.41) is 10.0. The van der Waals surface area contributed by atoms with Gasteiger partial charge in [-0.3, -0.25) is 4.79 Å². The van der Waals surface area contributed by atoms with E-state index < -0.39 is 6.10 Å². The molecule has 0 spiro atoms. The molecule has 0 saturated heterocycles. The Labute approximate surface area is 128 Å². The van der Waals surface area contributed by atoms with Crippen LogP contribution in [0.25, 0.3) is 0 Å². The third-order valence-corrected chi connectivity index (χ3v) is 4.03. The van der Waals surface area contributed by atoms with Crippen molar-refractivity contribution < 1.29 is 19.0 Å². The van der Waals surface area contributed by atoms with Crippen LogP contribution in [0.3, 0.4) is 0 Å². The van der Waals surface area contributed by atoms with Crippen molar-refractivity contribution in [2.45, 2.75) is 18.4 Å². The van der Waals surface area contributed by atoms with E-state index in [0.29, 0.717) is 17.0 Å². The van der Waals surface area contributed by atoms with Crippen LogP contribution in [0.15, 0.2) is 18.2 Å². The zero-order valence-electron chi connectivity index (χ0n) is 12.1. The molecule has 6 heteroatoms. The molecule has 0 heterocycles. The highest BCUT2D eigenvalue weighted by atomic mass is 35.5. The molecular formula is C15H19ClFNO3. The summed E-state index contributed by atoms with van der Waals surface area (Å²) in [6.45, 7) is 0.367. The summed E-state index contributed by atoms with van der Waals surface area (Å²) in [6, 6.07) is 4.53. The number of hydrogen-bond donors (Lipinski definition) is 1. The molecule has 1 aromatic rings. The average Bonchev–Trinajstić information content (AvgIpc) is 3.18. The van der Waals surface area contributed by atoms with Gasteiger partial charge in [0.1, 0.15) is 5.82 Å². The lowest BCUT2D eigenvalue weighted by Gasteiger charge is -2.20. The fourth-order valence-corrected chi connectivity index (χ4v) is 2.89. The number of aliphatic hydroxyl groups excluding tert-OH is 1. The molecule has 0 radical (unpaired) electrons. The second-order valence-corrected chi connectivity index (χ2v) is 5.82. The van der Waals surface area contributed by atoms with E-state index in [1.807, 2.05) is 0 Å². The largest absolute Gasteiger partial charge is 0.389 e. The standard InChI is InChI=1S/C15H19ClFNO3/c1-18(7-9(19)8-21-2)15(20)11-6-10(11)14-12(16)4-3-5-13(14)17/h3-5,9-11,19H,6-8H2,1-2H3. The van der Waals surface area contributed by atoms with Crippen molar-refractivity contribution in [1.29, 1.82) is 0 Å². The molecule has 1 saturated carbocycles. The second kappa shape index (κ2) is 6.73. The summed E-state index contributed by atoms with van der Waals surface area (Å²) in [7, 11) is 3.11. The highest BCUT2D eigenvalue weighted by Gasteiger charge is 2.47. The van der Waals surface area contributed by atoms with Gasteiger partial charge in [0.15, 0.2) is 0 Å². The molecule has 1 aliphatic rings. The van der Waals surface area contributed by atoms with Crippen LogP contribution in [0, 0.1) is 11.7 Å². The van der Waals surface area contributed by atoms with Crippen LogP contribution in [0.2, 0.25) is 5.02 Å². The monoisotopic (exact) mass is 315 g/mol. The first-order valence-electron chi connectivity index (χ1n) is 6.81. The van der Waals surface area contributed by atoms with Crippen LogP contribution in [-0.4, -0.2) is 49.3 Å². The summed E-state index contributed by atoms with van der Waals surface area (Å²) in [4.78, 5) is 13.7. The Kier molecular flexibility index (Phi) is 5.19. The lowest BCUT2D eigenvalue weighted by atomic mass is 10.1. The topological polar surface area (TPSA) is 49.8 Å². The Morgan fingerprint density at radius 3 is 2.95 bits per heavy atom. The highest BCUT2D eigenvalue weighted by molar-refractivity contribution is 6.31. The van der Waals surface area contributed by atoms with E-state index in [1.54, 1.807) is 19.2 Å². The molecular weight excluding hydrogens is 297 g/mol. The van der Waals surface area contributed by atoms with Crippen molar-refractivity contribution in [3.05, 3.63) is 34.6 Å². The zero-order chi connectivity index (χ0) is 15.6. The number of methoxy groups -OCH3 is 1. The Hall–Kier alpha value is -1.17. The van der Waals surface area contributed by atoms with Gasteiger partial charge in [-0.1, -0.05) is 17.7 Å². The van der Waals surface area contributed by atoms with E-state index in [-0.39, 0.29) is 36.7 Å². The minimum absolute atomic E-state index is 0.102. The summed E-state index contributed by atoms with van der Waals surface area (Å²) >= 11 is 6.02. The predicted octanol–water partition coefficient (Wildman–Crippen LogP) is 2.05. The molecule has 2 rings (SSSR count). The molecule has 0 aliphatic heterocycles. The lowest BCUT2D eigenvalue weighted by molar-refractivity contribution is -0.133. The Morgan fingerprint density at radius 1 is 1.62 bits per heavy atom. The summed E-state index contributed by atoms with van der Waals surface area (Å²) in [5.41, 5.74) is 0.420. The quantitative estimate of drug-likeness (QED) is 0.874. The van der Waals surface area contributed by atoms with Gasteiger partial charge in [-0.25, -0.2) is 4.39 Å². The van der Waals surface area contributed by atoms with Crippen molar-refractivity contribution in [2.24, 2.45) is 5.92 Å². The number of carbonyl (C=O) groups excluding carboxylic acids is 1. The van der Waals surface area contributed by atoms with Crippen molar-refractivity contribution in [1.82, 2.24) is 4.90 Å². The molecule has 116 valence electrons. The predicted molar refractivity (Wildman–Crippen MR) is 77.8 cm³/mol. The maximum Gasteiger partial charge on any atom is 0.226 e. The molecule has 0 aromatic heterocycles. The Bertz CT molecular complexity index is 505. The fourth-order valence-electron chi connectivity index (χ4n) is 2.59. The van der Waals surface area contributed by atoms with Crippen LogP contribution in [0.1, 0.15) is 17.9 Å². The van der Waals surface area contributed by atoms with Crippen LogP contribution in [-0.2, 0) is 9.53 Å². The number of hydrogen-bond acceptors (Lipinski definition) is 3. The molecule has 1 aliphatic carbocycles. The molecule has 3 atom stereocenters. The van der Waals surface area contributed by atoms with Crippen molar-refractivity contribution in [3.63, 3.8) is 0 Å². The second-order valence-electron chi connectivity index (χ2n) is 5.41. The van der Waals surface area contributed by atoms with Gasteiger partial charge in [-0.05, 0) is 18.6 Å². The number of rotatable bonds is 6. The molecule has 1 fully saturated rings. The highest BCUT2D eigenvalue weighted by Crippen LogP contribution is 2.51. The Morgan fingerprint density at radius 2 is 2.33 bits per heavy atom. The van der Waals surface area contributed by atoms with Crippen molar-refractivity contribution >= 4 is 17.5 Å². The first-order valence-corrected chi connectivity index (χ1v) is 7.19. The summed E-state index contributed by atoms with van der Waals surface area (Å²) < 4.78 is 18.7. The molecule has 1 N–H and O–H groups in total. The number of benzene rings is 1. The van der Waals surface area contributed by atoms with Gasteiger partial charge in [0.2, 0.25) is 5.91 Å². The number of likely N-dealkylation sites (N-methyl/N-ethyl adjacent to an activating group) is 1. The molecule has 0 bridgehead atoms. The number of carbonyl (C=O) groups is 1. The molecule has 1 amide bonds. The number of ether oxygens (including phenoxy) is 1. The Balaban J connectivity index is 1.98. The third kappa shape index (κ3) is 3.73. The average molecular weight is 316 g/mol. The van der Waals surface area contributed by atoms with Gasteiger partial charge in [-0.2, -0.15) is 0 Å². The SMILES string of the molecule is COCC(O)CN(C)C(=O)C1CC1c1c(F)cccc1Cl. The summed E-state index contributed by atoms with van der Waals surface area (Å²) in [5.74, 6) is -0.910. The van der Waals surface area contributed by atoms with E-state index in [9.17, 15) is 14.3 Å². The molecule has 4 nitrogen and oxygen atoms in total. The van der Waals surface area contributed by atoms with Gasteiger partial charge < -0.3 is 14.7 Å². The van der Waals surface area contributed by atoms with E-state index >= 15 is 0 Å². The third-order valence-electron chi connectivity index (χ3n) is 3.70. The van der Waals surface area contributed by atoms with Gasteiger partial charge in [0.25, 0.3) is 0 Å². The van der Waals surface area contributed by atoms with Crippen LogP contribution >= 0.6 is 11.6 Å². The summed E-state index contributed by atoms with van der Waals surface area (Å²) in [6.07, 6.45) is -0.136. The molecule has 3 unspecified atom stereocenters. The molecule has 1 aromatic carbocycles. The van der Waals surface area contributed by atoms with Gasteiger partial charge >= 0.3 is 0 Å². The maximum atomic E-state index is 13.8. The van der Waals surface area contributed by atoms with Crippen LogP contribution in [0.4, 0.5) is 4.39 Å². The number of halogens is 2. The van der Waals surface area contributed by atoms with E-state index in [4.69, 9.17) is 16.3 Å². The number of nitrogens with zero attached hydrogens (tertiary/aromatic N) is 1. The number of amides is 1. The van der Waals surface area contributed by atoms with E-state index in [2.05, 4.69) is 0 Å². The van der Waals surface area contributed by atoms with Crippen molar-refractivity contribution in [3.8, 4) is 0 Å². The van der Waals surface area contributed by atoms with E-state index in [0.717, 1.165) is 0 Å². The first kappa shape index (κ1) is 16.2. The lowest BCUT2D eigenvalue weighted by Crippen LogP contribution is -2.37. The van der Waals surface area contributed by atoms with Crippen LogP contribution < -0.4 is 0 Å². The van der Waals surface area contributed by atoms with Gasteiger partial charge in [0.05, 0.1) is 12.7 Å². The minimum Gasteiger partial charge on any atom is -0.389 e. The van der Waals surface area contributed by atoms with Gasteiger partial charge in [0, 0.05) is 43.1 Å². The molecule has 21 heavy (non-hydrogen) atoms. The van der Waals surface area contributed by atoms with Crippen molar-refractivity contribution in [2.75, 3.05) is 27.3 Å². The fraction of sp³-hybridized carbons (Fsp3) is 0.533. The van der Waals surface area contributed by atoms with Crippen LogP contribution in [0.5, 0.6) is 0 Å². The zero-order valence-corrected chi connectivity index (χ0v) is 12.8. The smallest absolute Gasteiger partial charge is 0.226 e. The van der Waals surface area contributed by atoms with E-state index in [1.165, 1.54) is 18.1 Å². The first-order chi connectivity index (χ1) is 9.95. The normalized spacial score (nSPS) is 22.0. The maximum absolute atomic E-state index is 13.8. The number of aliphatic hydroxyl groups is 1. The minimum atomic E-state index is -0.724.